The van der Waals surface area contributed by atoms with Gasteiger partial charge >= 0.3 is 0 Å². The highest BCUT2D eigenvalue weighted by molar-refractivity contribution is 6.27. The quantitative estimate of drug-likeness (QED) is 0.180. The molecule has 0 aliphatic heterocycles. The highest BCUT2D eigenvalue weighted by Gasteiger charge is 2.27. The molecule has 0 fully saturated rings. The van der Waals surface area contributed by atoms with Crippen molar-refractivity contribution in [1.29, 1.82) is 0 Å². The van der Waals surface area contributed by atoms with Gasteiger partial charge < -0.3 is 8.98 Å². The fourth-order valence-corrected chi connectivity index (χ4v) is 9.33. The summed E-state index contributed by atoms with van der Waals surface area (Å²) in [6.07, 6.45) is 6.81. The Balaban J connectivity index is 0.964. The van der Waals surface area contributed by atoms with Crippen LogP contribution in [0.2, 0.25) is 0 Å². The Morgan fingerprint density at radius 2 is 1.09 bits per heavy atom. The Bertz CT molecular complexity index is 3240. The molecule has 10 aromatic rings. The highest BCUT2D eigenvalue weighted by atomic mass is 16.3. The van der Waals surface area contributed by atoms with Crippen molar-refractivity contribution in [3.8, 4) is 39.1 Å². The van der Waals surface area contributed by atoms with E-state index in [0.717, 1.165) is 29.7 Å². The maximum Gasteiger partial charge on any atom is 0.136 e. The van der Waals surface area contributed by atoms with Crippen molar-refractivity contribution in [2.75, 3.05) is 0 Å². The molecule has 54 heavy (non-hydrogen) atoms. The van der Waals surface area contributed by atoms with Gasteiger partial charge in [-0.15, -0.1) is 0 Å². The molecule has 2 heteroatoms. The Hall–Kier alpha value is -6.90. The first-order valence-corrected chi connectivity index (χ1v) is 18.9. The molecule has 0 amide bonds. The number of hydrogen-bond donors (Lipinski definition) is 0. The minimum atomic E-state index is 0.934. The van der Waals surface area contributed by atoms with Gasteiger partial charge in [-0.1, -0.05) is 121 Å². The molecule has 0 unspecified atom stereocenters. The van der Waals surface area contributed by atoms with Crippen molar-refractivity contribution in [3.05, 3.63) is 187 Å². The van der Waals surface area contributed by atoms with Crippen LogP contribution in [0, 0.1) is 0 Å². The van der Waals surface area contributed by atoms with Gasteiger partial charge in [0.2, 0.25) is 0 Å². The molecule has 8 aromatic carbocycles. The molecule has 0 atom stereocenters. The van der Waals surface area contributed by atoms with Crippen molar-refractivity contribution in [3.63, 3.8) is 0 Å². The van der Waals surface area contributed by atoms with E-state index in [1.807, 2.05) is 0 Å². The van der Waals surface area contributed by atoms with Gasteiger partial charge in [-0.2, -0.15) is 0 Å². The Kier molecular flexibility index (Phi) is 6.20. The van der Waals surface area contributed by atoms with Crippen LogP contribution in [0.1, 0.15) is 24.0 Å². The summed E-state index contributed by atoms with van der Waals surface area (Å²) in [6, 6.07) is 59.9. The minimum Gasteiger partial charge on any atom is -0.456 e. The summed E-state index contributed by atoms with van der Waals surface area (Å²) in [7, 11) is 0. The summed E-state index contributed by atoms with van der Waals surface area (Å²) in [5.41, 5.74) is 18.3. The predicted molar refractivity (Wildman–Crippen MR) is 227 cm³/mol. The third-order valence-electron chi connectivity index (χ3n) is 11.8. The Labute approximate surface area is 312 Å². The fourth-order valence-electron chi connectivity index (χ4n) is 9.33. The molecule has 0 radical (unpaired) electrons. The molecule has 2 nitrogen and oxygen atoms in total. The SMILES string of the molecule is C1=CC2=C(CC1)c1cc3oc4ccc(-c5ccc6c(c5)c5ccccc5n6-c5ccc(-c6cccc(-c7ccccc7)c6)cc5)cc4c3c3cccc2c13. The van der Waals surface area contributed by atoms with Gasteiger partial charge in [-0.05, 0) is 134 Å². The highest BCUT2D eigenvalue weighted by Crippen LogP contribution is 2.50. The van der Waals surface area contributed by atoms with Gasteiger partial charge in [0.25, 0.3) is 0 Å². The topological polar surface area (TPSA) is 18.1 Å². The minimum absolute atomic E-state index is 0.934. The van der Waals surface area contributed by atoms with Gasteiger partial charge in [0.1, 0.15) is 11.2 Å². The van der Waals surface area contributed by atoms with E-state index < -0.39 is 0 Å². The van der Waals surface area contributed by atoms with Crippen LogP contribution in [0.4, 0.5) is 0 Å². The monoisotopic (exact) mass is 687 g/mol. The Morgan fingerprint density at radius 1 is 0.426 bits per heavy atom. The zero-order chi connectivity index (χ0) is 35.3. The van der Waals surface area contributed by atoms with Crippen molar-refractivity contribution in [2.24, 2.45) is 0 Å². The molecule has 0 N–H and O–H groups in total. The molecule has 0 bridgehead atoms. The van der Waals surface area contributed by atoms with E-state index in [9.17, 15) is 0 Å². The fraction of sp³-hybridized carbons (Fsp3) is 0.0385. The lowest BCUT2D eigenvalue weighted by atomic mass is 9.94. The molecular formula is C52H33NO. The number of rotatable bonds is 4. The summed E-state index contributed by atoms with van der Waals surface area (Å²) in [5.74, 6) is 0. The maximum atomic E-state index is 6.60. The second kappa shape index (κ2) is 11.3. The molecule has 2 heterocycles. The van der Waals surface area contributed by atoms with E-state index >= 15 is 0 Å². The first-order chi connectivity index (χ1) is 26.8. The van der Waals surface area contributed by atoms with Crippen LogP contribution in [0.5, 0.6) is 0 Å². The molecule has 252 valence electrons. The van der Waals surface area contributed by atoms with Crippen LogP contribution < -0.4 is 0 Å². The van der Waals surface area contributed by atoms with Gasteiger partial charge in [-0.25, -0.2) is 0 Å². The molecule has 0 saturated heterocycles. The Morgan fingerprint density at radius 3 is 1.96 bits per heavy atom. The molecule has 2 aliphatic carbocycles. The third kappa shape index (κ3) is 4.28. The summed E-state index contributed by atoms with van der Waals surface area (Å²) in [5, 5.41) is 7.53. The zero-order valence-electron chi connectivity index (χ0n) is 29.5. The van der Waals surface area contributed by atoms with Crippen LogP contribution in [-0.2, 0) is 0 Å². The predicted octanol–water partition coefficient (Wildman–Crippen LogP) is 14.4. The largest absolute Gasteiger partial charge is 0.456 e. The number of benzene rings is 8. The maximum absolute atomic E-state index is 6.60. The number of para-hydroxylation sites is 1. The molecule has 0 spiro atoms. The summed E-state index contributed by atoms with van der Waals surface area (Å²) in [4.78, 5) is 0. The number of nitrogens with zero attached hydrogens (tertiary/aromatic N) is 1. The molecular weight excluding hydrogens is 655 g/mol. The van der Waals surface area contributed by atoms with Crippen LogP contribution in [0.15, 0.2) is 180 Å². The molecule has 2 aromatic heterocycles. The smallest absolute Gasteiger partial charge is 0.136 e. The second-order valence-corrected chi connectivity index (χ2v) is 14.7. The van der Waals surface area contributed by atoms with Crippen molar-refractivity contribution >= 4 is 65.7 Å². The van der Waals surface area contributed by atoms with E-state index in [-0.39, 0.29) is 0 Å². The van der Waals surface area contributed by atoms with Crippen molar-refractivity contribution < 1.29 is 4.42 Å². The van der Waals surface area contributed by atoms with Gasteiger partial charge in [0, 0.05) is 27.2 Å². The van der Waals surface area contributed by atoms with Crippen LogP contribution in [-0.4, -0.2) is 4.57 Å². The molecule has 12 rings (SSSR count). The van der Waals surface area contributed by atoms with E-state index in [1.165, 1.54) is 99.0 Å². The van der Waals surface area contributed by atoms with E-state index in [0.29, 0.717) is 0 Å². The summed E-state index contributed by atoms with van der Waals surface area (Å²) >= 11 is 0. The zero-order valence-corrected chi connectivity index (χ0v) is 29.5. The first-order valence-electron chi connectivity index (χ1n) is 18.9. The van der Waals surface area contributed by atoms with Crippen molar-refractivity contribution in [1.82, 2.24) is 4.57 Å². The number of allylic oxidation sites excluding steroid dienone is 4. The summed E-state index contributed by atoms with van der Waals surface area (Å²) in [6.45, 7) is 0. The van der Waals surface area contributed by atoms with E-state index in [2.05, 4.69) is 181 Å². The van der Waals surface area contributed by atoms with E-state index in [4.69, 9.17) is 4.42 Å². The van der Waals surface area contributed by atoms with Crippen LogP contribution >= 0.6 is 0 Å². The number of furan rings is 1. The van der Waals surface area contributed by atoms with Crippen LogP contribution in [0.25, 0.3) is 105 Å². The standard InChI is InChI=1S/C52H33NO/c1-2-10-32(11-3-1)34-12-8-13-35(28-34)33-20-24-38(25-21-33)53-47-19-7-6-16-41(47)44-29-36(22-26-48(44)53)37-23-27-49-46(30-37)52-43-18-9-17-42-39-14-4-5-15-40(39)45(51(42)43)31-50(52)54-49/h1-4,6-14,16-31H,5,15H2. The number of hydrogen-bond acceptors (Lipinski definition) is 1. The number of fused-ring (bicyclic) bond motifs is 9. The average Bonchev–Trinajstić information content (AvgIpc) is 3.89. The van der Waals surface area contributed by atoms with Crippen LogP contribution in [0.3, 0.4) is 0 Å². The molecule has 0 saturated carbocycles. The van der Waals surface area contributed by atoms with E-state index in [1.54, 1.807) is 0 Å². The van der Waals surface area contributed by atoms with Crippen molar-refractivity contribution in [2.45, 2.75) is 12.8 Å². The van der Waals surface area contributed by atoms with Gasteiger partial charge in [-0.3, -0.25) is 0 Å². The average molecular weight is 688 g/mol. The van der Waals surface area contributed by atoms with Gasteiger partial charge in [0.15, 0.2) is 0 Å². The lowest BCUT2D eigenvalue weighted by molar-refractivity contribution is 0.669. The lowest BCUT2D eigenvalue weighted by Gasteiger charge is -2.11. The third-order valence-corrected chi connectivity index (χ3v) is 11.8. The molecule has 2 aliphatic rings. The van der Waals surface area contributed by atoms with Gasteiger partial charge in [0.05, 0.1) is 11.0 Å². The normalized spacial score (nSPS) is 13.6. The second-order valence-electron chi connectivity index (χ2n) is 14.7. The lowest BCUT2D eigenvalue weighted by Crippen LogP contribution is -1.93. The number of aromatic nitrogens is 1. The first kappa shape index (κ1) is 29.7. The summed E-state index contributed by atoms with van der Waals surface area (Å²) < 4.78 is 9.00.